The predicted molar refractivity (Wildman–Crippen MR) is 105 cm³/mol. The van der Waals surface area contributed by atoms with Crippen molar-refractivity contribution in [1.29, 1.82) is 0 Å². The third-order valence-electron chi connectivity index (χ3n) is 4.69. The molecule has 5 nitrogen and oxygen atoms in total. The van der Waals surface area contributed by atoms with Crippen LogP contribution in [-0.2, 0) is 23.1 Å². The summed E-state index contributed by atoms with van der Waals surface area (Å²) in [4.78, 5) is 5.04. The minimum Gasteiger partial charge on any atom is -0.327 e. The average Bonchev–Trinajstić information content (AvgIpc) is 2.90. The highest BCUT2D eigenvalue weighted by molar-refractivity contribution is 7.89. The van der Waals surface area contributed by atoms with Gasteiger partial charge in [0.1, 0.15) is 5.82 Å². The Hall–Kier alpha value is -2.18. The monoisotopic (exact) mass is 371 g/mol. The molecular formula is C20H25N3O2S. The van der Waals surface area contributed by atoms with E-state index in [0.717, 1.165) is 40.1 Å². The number of fused-ring (bicyclic) bond motifs is 1. The van der Waals surface area contributed by atoms with Crippen molar-refractivity contribution in [1.82, 2.24) is 13.9 Å². The Morgan fingerprint density at radius 1 is 1.08 bits per heavy atom. The van der Waals surface area contributed by atoms with Crippen LogP contribution >= 0.6 is 0 Å². The van der Waals surface area contributed by atoms with Crippen LogP contribution in [0.1, 0.15) is 29.4 Å². The standard InChI is InChI=1S/C20H25N3O2S/c1-6-23-18-10-8-7-9-17(18)21-19(23)13-22(5)26(24,25)20-15(3)11-14(2)12-16(20)4/h7-12H,6,13H2,1-5H3. The average molecular weight is 372 g/mol. The zero-order chi connectivity index (χ0) is 19.1. The van der Waals surface area contributed by atoms with Gasteiger partial charge in [-0.25, -0.2) is 13.4 Å². The molecule has 0 aliphatic carbocycles. The molecule has 0 spiro atoms. The second-order valence-corrected chi connectivity index (χ2v) is 8.73. The molecule has 138 valence electrons. The van der Waals surface area contributed by atoms with E-state index in [2.05, 4.69) is 9.55 Å². The molecule has 1 heterocycles. The molecule has 0 aliphatic rings. The van der Waals surface area contributed by atoms with Crippen molar-refractivity contribution < 1.29 is 8.42 Å². The Morgan fingerprint density at radius 3 is 2.31 bits per heavy atom. The van der Waals surface area contributed by atoms with Crippen LogP contribution in [0.2, 0.25) is 0 Å². The summed E-state index contributed by atoms with van der Waals surface area (Å²) in [7, 11) is -1.98. The number of sulfonamides is 1. The van der Waals surface area contributed by atoms with Gasteiger partial charge in [0, 0.05) is 13.6 Å². The molecule has 0 unspecified atom stereocenters. The maximum Gasteiger partial charge on any atom is 0.243 e. The highest BCUT2D eigenvalue weighted by Crippen LogP contribution is 2.26. The van der Waals surface area contributed by atoms with Crippen molar-refractivity contribution in [3.05, 3.63) is 58.9 Å². The molecule has 0 amide bonds. The Bertz CT molecular complexity index is 1040. The maximum atomic E-state index is 13.2. The predicted octanol–water partition coefficient (Wildman–Crippen LogP) is 3.80. The molecule has 2 aromatic carbocycles. The van der Waals surface area contributed by atoms with Crippen LogP contribution in [0, 0.1) is 20.8 Å². The van der Waals surface area contributed by atoms with Gasteiger partial charge in [-0.2, -0.15) is 4.31 Å². The van der Waals surface area contributed by atoms with Crippen LogP contribution < -0.4 is 0 Å². The SMILES string of the molecule is CCn1c(CN(C)S(=O)(=O)c2c(C)cc(C)cc2C)nc2ccccc21. The second kappa shape index (κ2) is 6.85. The van der Waals surface area contributed by atoms with Crippen LogP contribution in [0.15, 0.2) is 41.3 Å². The van der Waals surface area contributed by atoms with Gasteiger partial charge in [-0.05, 0) is 51.0 Å². The lowest BCUT2D eigenvalue weighted by Gasteiger charge is -2.20. The number of hydrogen-bond acceptors (Lipinski definition) is 3. The molecule has 6 heteroatoms. The quantitative estimate of drug-likeness (QED) is 0.685. The maximum absolute atomic E-state index is 13.2. The fourth-order valence-corrected chi connectivity index (χ4v) is 5.14. The van der Waals surface area contributed by atoms with Crippen LogP contribution in [0.25, 0.3) is 11.0 Å². The lowest BCUT2D eigenvalue weighted by Crippen LogP contribution is -2.29. The number of aromatic nitrogens is 2. The molecule has 26 heavy (non-hydrogen) atoms. The molecule has 0 saturated carbocycles. The van der Waals surface area contributed by atoms with Crippen LogP contribution in [0.5, 0.6) is 0 Å². The van der Waals surface area contributed by atoms with E-state index in [4.69, 9.17) is 0 Å². The van der Waals surface area contributed by atoms with Crippen molar-refractivity contribution in [2.75, 3.05) is 7.05 Å². The summed E-state index contributed by atoms with van der Waals surface area (Å²) in [5.41, 5.74) is 4.53. The van der Waals surface area contributed by atoms with Crippen molar-refractivity contribution in [3.63, 3.8) is 0 Å². The van der Waals surface area contributed by atoms with Gasteiger partial charge in [-0.1, -0.05) is 29.8 Å². The first kappa shape index (κ1) is 18.6. The number of para-hydroxylation sites is 2. The lowest BCUT2D eigenvalue weighted by atomic mass is 10.1. The van der Waals surface area contributed by atoms with E-state index in [0.29, 0.717) is 4.90 Å². The summed E-state index contributed by atoms with van der Waals surface area (Å²) >= 11 is 0. The van der Waals surface area contributed by atoms with E-state index < -0.39 is 10.0 Å². The summed E-state index contributed by atoms with van der Waals surface area (Å²) in [5.74, 6) is 0.752. The molecule has 0 saturated heterocycles. The third kappa shape index (κ3) is 3.15. The highest BCUT2D eigenvalue weighted by atomic mass is 32.2. The van der Waals surface area contributed by atoms with Crippen molar-refractivity contribution in [2.45, 2.75) is 45.7 Å². The first-order chi connectivity index (χ1) is 12.3. The van der Waals surface area contributed by atoms with Crippen LogP contribution in [0.4, 0.5) is 0 Å². The van der Waals surface area contributed by atoms with Gasteiger partial charge >= 0.3 is 0 Å². The fourth-order valence-electron chi connectivity index (χ4n) is 3.61. The van der Waals surface area contributed by atoms with Gasteiger partial charge in [0.05, 0.1) is 22.5 Å². The van der Waals surface area contributed by atoms with Crippen molar-refractivity contribution >= 4 is 21.1 Å². The van der Waals surface area contributed by atoms with Gasteiger partial charge in [0.2, 0.25) is 10.0 Å². The van der Waals surface area contributed by atoms with Crippen LogP contribution in [-0.4, -0.2) is 29.3 Å². The van der Waals surface area contributed by atoms with Gasteiger partial charge in [0.25, 0.3) is 0 Å². The van der Waals surface area contributed by atoms with Crippen molar-refractivity contribution in [3.8, 4) is 0 Å². The largest absolute Gasteiger partial charge is 0.327 e. The summed E-state index contributed by atoms with van der Waals surface area (Å²) in [6.45, 7) is 8.69. The van der Waals surface area contributed by atoms with Gasteiger partial charge < -0.3 is 4.57 Å². The van der Waals surface area contributed by atoms with E-state index in [1.54, 1.807) is 7.05 Å². The molecule has 0 radical (unpaired) electrons. The number of nitrogens with zero attached hydrogens (tertiary/aromatic N) is 3. The third-order valence-corrected chi connectivity index (χ3v) is 6.80. The highest BCUT2D eigenvalue weighted by Gasteiger charge is 2.26. The van der Waals surface area contributed by atoms with Crippen LogP contribution in [0.3, 0.4) is 0 Å². The minimum absolute atomic E-state index is 0.234. The fraction of sp³-hybridized carbons (Fsp3) is 0.350. The normalized spacial score (nSPS) is 12.2. The van der Waals surface area contributed by atoms with Gasteiger partial charge in [-0.3, -0.25) is 0 Å². The zero-order valence-electron chi connectivity index (χ0n) is 15.9. The smallest absolute Gasteiger partial charge is 0.243 e. The second-order valence-electron chi connectivity index (χ2n) is 6.75. The Labute approximate surface area is 155 Å². The summed E-state index contributed by atoms with van der Waals surface area (Å²) in [6, 6.07) is 11.7. The topological polar surface area (TPSA) is 55.2 Å². The van der Waals surface area contributed by atoms with E-state index in [1.807, 2.05) is 64.1 Å². The molecule has 0 fully saturated rings. The molecule has 3 rings (SSSR count). The molecule has 1 aromatic heterocycles. The number of benzene rings is 2. The number of imidazole rings is 1. The van der Waals surface area contributed by atoms with Crippen molar-refractivity contribution in [2.24, 2.45) is 0 Å². The van der Waals surface area contributed by atoms with E-state index in [9.17, 15) is 8.42 Å². The van der Waals surface area contributed by atoms with E-state index >= 15 is 0 Å². The Balaban J connectivity index is 2.01. The molecular weight excluding hydrogens is 346 g/mol. The molecule has 0 atom stereocenters. The lowest BCUT2D eigenvalue weighted by molar-refractivity contribution is 0.448. The summed E-state index contributed by atoms with van der Waals surface area (Å²) in [5, 5.41) is 0. The Kier molecular flexibility index (Phi) is 4.90. The number of aryl methyl sites for hydroxylation is 4. The first-order valence-electron chi connectivity index (χ1n) is 8.74. The molecule has 0 aliphatic heterocycles. The minimum atomic E-state index is -3.60. The zero-order valence-corrected chi connectivity index (χ0v) is 16.8. The molecule has 0 bridgehead atoms. The van der Waals surface area contributed by atoms with Gasteiger partial charge in [0.15, 0.2) is 0 Å². The number of rotatable bonds is 5. The molecule has 3 aromatic rings. The van der Waals surface area contributed by atoms with E-state index in [-0.39, 0.29) is 6.54 Å². The first-order valence-corrected chi connectivity index (χ1v) is 10.2. The Morgan fingerprint density at radius 2 is 1.69 bits per heavy atom. The molecule has 0 N–H and O–H groups in total. The summed E-state index contributed by atoms with van der Waals surface area (Å²) in [6.07, 6.45) is 0. The summed E-state index contributed by atoms with van der Waals surface area (Å²) < 4.78 is 29.8. The van der Waals surface area contributed by atoms with Gasteiger partial charge in [-0.15, -0.1) is 0 Å². The number of hydrogen-bond donors (Lipinski definition) is 0. The van der Waals surface area contributed by atoms with E-state index in [1.165, 1.54) is 4.31 Å².